The predicted octanol–water partition coefficient (Wildman–Crippen LogP) is 2.71. The van der Waals surface area contributed by atoms with Crippen LogP contribution in [0.4, 0.5) is 5.69 Å². The van der Waals surface area contributed by atoms with E-state index < -0.39 is 9.84 Å². The van der Waals surface area contributed by atoms with Gasteiger partial charge in [0.15, 0.2) is 9.84 Å². The number of rotatable bonds is 5. The molecule has 0 spiro atoms. The third kappa shape index (κ3) is 4.92. The number of amides is 1. The minimum atomic E-state index is -3.44. The summed E-state index contributed by atoms with van der Waals surface area (Å²) in [4.78, 5) is 17.2. The molecular formula is C22H25N3O4S. The Balaban J connectivity index is 1.78. The molecule has 3 rings (SSSR count). The monoisotopic (exact) mass is 427 g/mol. The van der Waals surface area contributed by atoms with Gasteiger partial charge in [0, 0.05) is 38.1 Å². The first-order valence-corrected chi connectivity index (χ1v) is 11.6. The van der Waals surface area contributed by atoms with Gasteiger partial charge in [0.25, 0.3) is 5.91 Å². The van der Waals surface area contributed by atoms with Gasteiger partial charge in [-0.15, -0.1) is 0 Å². The van der Waals surface area contributed by atoms with Crippen molar-refractivity contribution in [1.82, 2.24) is 4.90 Å². The molecule has 2 aromatic rings. The van der Waals surface area contributed by atoms with E-state index in [2.05, 4.69) is 11.0 Å². The second-order valence-corrected chi connectivity index (χ2v) is 9.55. The molecule has 0 unspecified atom stereocenters. The quantitative estimate of drug-likeness (QED) is 0.729. The number of sulfone groups is 1. The van der Waals surface area contributed by atoms with E-state index in [1.165, 1.54) is 12.1 Å². The molecule has 1 heterocycles. The van der Waals surface area contributed by atoms with Gasteiger partial charge in [-0.25, -0.2) is 8.42 Å². The Kier molecular flexibility index (Phi) is 6.32. The summed E-state index contributed by atoms with van der Waals surface area (Å²) in [6.07, 6.45) is 0.976. The number of piperazine rings is 1. The van der Waals surface area contributed by atoms with Gasteiger partial charge >= 0.3 is 0 Å². The minimum Gasteiger partial charge on any atom is -0.490 e. The summed E-state index contributed by atoms with van der Waals surface area (Å²) in [6, 6.07) is 13.9. The zero-order valence-corrected chi connectivity index (χ0v) is 18.1. The summed E-state index contributed by atoms with van der Waals surface area (Å²) in [5.74, 6) is 0.146. The Morgan fingerprint density at radius 2 is 1.70 bits per heavy atom. The second-order valence-electron chi connectivity index (χ2n) is 7.53. The van der Waals surface area contributed by atoms with Crippen LogP contribution in [-0.4, -0.2) is 57.8 Å². The van der Waals surface area contributed by atoms with E-state index in [-0.39, 0.29) is 22.5 Å². The highest BCUT2D eigenvalue weighted by atomic mass is 32.2. The van der Waals surface area contributed by atoms with Crippen LogP contribution in [0, 0.1) is 11.3 Å². The lowest BCUT2D eigenvalue weighted by Crippen LogP contribution is -2.48. The average molecular weight is 428 g/mol. The van der Waals surface area contributed by atoms with E-state index in [0.717, 1.165) is 11.9 Å². The van der Waals surface area contributed by atoms with Crippen LogP contribution in [0.25, 0.3) is 0 Å². The van der Waals surface area contributed by atoms with E-state index >= 15 is 0 Å². The number of nitriles is 1. The van der Waals surface area contributed by atoms with Gasteiger partial charge in [0.2, 0.25) is 0 Å². The Bertz CT molecular complexity index is 1060. The maximum absolute atomic E-state index is 13.2. The molecule has 1 saturated heterocycles. The Morgan fingerprint density at radius 1 is 1.07 bits per heavy atom. The summed E-state index contributed by atoms with van der Waals surface area (Å²) < 4.78 is 29.7. The largest absolute Gasteiger partial charge is 0.490 e. The molecular weight excluding hydrogens is 402 g/mol. The zero-order valence-electron chi connectivity index (χ0n) is 17.3. The van der Waals surface area contributed by atoms with Crippen LogP contribution < -0.4 is 9.64 Å². The number of carbonyl (C=O) groups is 1. The fourth-order valence-corrected chi connectivity index (χ4v) is 4.00. The first-order chi connectivity index (χ1) is 14.2. The molecule has 1 amide bonds. The van der Waals surface area contributed by atoms with E-state index in [9.17, 15) is 13.2 Å². The maximum atomic E-state index is 13.2. The standard InChI is InChI=1S/C22H25N3O4S/c1-16(2)29-21-9-8-19(30(3,27)28)14-20(21)22(26)25-12-10-24(11-13-25)18-6-4-17(15-23)5-7-18/h4-9,14,16H,10-13H2,1-3H3. The van der Waals surface area contributed by atoms with Gasteiger partial charge in [-0.05, 0) is 56.3 Å². The molecule has 0 bridgehead atoms. The third-order valence-electron chi connectivity index (χ3n) is 4.90. The lowest BCUT2D eigenvalue weighted by molar-refractivity contribution is 0.0740. The van der Waals surface area contributed by atoms with Gasteiger partial charge in [-0.2, -0.15) is 5.26 Å². The van der Waals surface area contributed by atoms with Gasteiger partial charge < -0.3 is 14.5 Å². The van der Waals surface area contributed by atoms with E-state index in [4.69, 9.17) is 10.00 Å². The van der Waals surface area contributed by atoms with E-state index in [0.29, 0.717) is 37.5 Å². The fourth-order valence-electron chi connectivity index (χ4n) is 3.35. The van der Waals surface area contributed by atoms with Gasteiger partial charge in [0.05, 0.1) is 28.2 Å². The summed E-state index contributed by atoms with van der Waals surface area (Å²) in [6.45, 7) is 6.00. The molecule has 1 aliphatic rings. The number of hydrogen-bond acceptors (Lipinski definition) is 6. The highest BCUT2D eigenvalue weighted by Gasteiger charge is 2.26. The lowest BCUT2D eigenvalue weighted by atomic mass is 10.1. The number of anilines is 1. The molecule has 0 aromatic heterocycles. The van der Waals surface area contributed by atoms with Crippen molar-refractivity contribution in [3.8, 4) is 11.8 Å². The normalized spacial score (nSPS) is 14.5. The number of ether oxygens (including phenoxy) is 1. The first kappa shape index (κ1) is 21.7. The van der Waals surface area contributed by atoms with Crippen molar-refractivity contribution in [2.45, 2.75) is 24.8 Å². The van der Waals surface area contributed by atoms with Crippen molar-refractivity contribution in [1.29, 1.82) is 5.26 Å². The Labute approximate surface area is 177 Å². The van der Waals surface area contributed by atoms with Crippen molar-refractivity contribution in [2.75, 3.05) is 37.3 Å². The van der Waals surface area contributed by atoms with Crippen molar-refractivity contribution in [3.05, 3.63) is 53.6 Å². The highest BCUT2D eigenvalue weighted by molar-refractivity contribution is 7.90. The fraction of sp³-hybridized carbons (Fsp3) is 0.364. The molecule has 0 N–H and O–H groups in total. The predicted molar refractivity (Wildman–Crippen MR) is 115 cm³/mol. The molecule has 0 radical (unpaired) electrons. The maximum Gasteiger partial charge on any atom is 0.257 e. The molecule has 1 aliphatic heterocycles. The van der Waals surface area contributed by atoms with Crippen molar-refractivity contribution in [2.24, 2.45) is 0 Å². The molecule has 1 fully saturated rings. The van der Waals surface area contributed by atoms with Crippen LogP contribution >= 0.6 is 0 Å². The van der Waals surface area contributed by atoms with Crippen LogP contribution in [-0.2, 0) is 9.84 Å². The topological polar surface area (TPSA) is 90.7 Å². The molecule has 7 nitrogen and oxygen atoms in total. The third-order valence-corrected chi connectivity index (χ3v) is 6.01. The zero-order chi connectivity index (χ0) is 21.9. The van der Waals surface area contributed by atoms with Gasteiger partial charge in [0.1, 0.15) is 5.75 Å². The highest BCUT2D eigenvalue weighted by Crippen LogP contribution is 2.26. The molecule has 0 aliphatic carbocycles. The molecule has 0 saturated carbocycles. The van der Waals surface area contributed by atoms with Crippen LogP contribution in [0.15, 0.2) is 47.4 Å². The molecule has 30 heavy (non-hydrogen) atoms. The van der Waals surface area contributed by atoms with Crippen molar-refractivity contribution in [3.63, 3.8) is 0 Å². The first-order valence-electron chi connectivity index (χ1n) is 9.74. The molecule has 0 atom stereocenters. The Hall–Kier alpha value is -3.05. The Morgan fingerprint density at radius 3 is 2.23 bits per heavy atom. The summed E-state index contributed by atoms with van der Waals surface area (Å²) in [5, 5.41) is 8.93. The van der Waals surface area contributed by atoms with Gasteiger partial charge in [-0.3, -0.25) is 4.79 Å². The lowest BCUT2D eigenvalue weighted by Gasteiger charge is -2.36. The van der Waals surface area contributed by atoms with Crippen LogP contribution in [0.1, 0.15) is 29.8 Å². The summed E-state index contributed by atoms with van der Waals surface area (Å²) in [7, 11) is -3.44. The second kappa shape index (κ2) is 8.76. The van der Waals surface area contributed by atoms with Crippen LogP contribution in [0.5, 0.6) is 5.75 Å². The summed E-state index contributed by atoms with van der Waals surface area (Å²) >= 11 is 0. The molecule has 8 heteroatoms. The average Bonchev–Trinajstić information content (AvgIpc) is 2.72. The van der Waals surface area contributed by atoms with E-state index in [1.54, 1.807) is 23.1 Å². The molecule has 158 valence electrons. The number of benzene rings is 2. The summed E-state index contributed by atoms with van der Waals surface area (Å²) in [5.41, 5.74) is 1.87. The smallest absolute Gasteiger partial charge is 0.257 e. The SMILES string of the molecule is CC(C)Oc1ccc(S(C)(=O)=O)cc1C(=O)N1CCN(c2ccc(C#N)cc2)CC1. The number of carbonyl (C=O) groups excluding carboxylic acids is 1. The van der Waals surface area contributed by atoms with Crippen LogP contribution in [0.3, 0.4) is 0 Å². The van der Waals surface area contributed by atoms with Crippen molar-refractivity contribution < 1.29 is 17.9 Å². The minimum absolute atomic E-state index is 0.0955. The number of hydrogen-bond donors (Lipinski definition) is 0. The van der Waals surface area contributed by atoms with Gasteiger partial charge in [-0.1, -0.05) is 0 Å². The van der Waals surface area contributed by atoms with E-state index in [1.807, 2.05) is 26.0 Å². The van der Waals surface area contributed by atoms with Crippen molar-refractivity contribution >= 4 is 21.4 Å². The van der Waals surface area contributed by atoms with Crippen LogP contribution in [0.2, 0.25) is 0 Å². The number of nitrogens with zero attached hydrogens (tertiary/aromatic N) is 3. The molecule has 2 aromatic carbocycles.